The predicted octanol–water partition coefficient (Wildman–Crippen LogP) is 3.04. The summed E-state index contributed by atoms with van der Waals surface area (Å²) in [6.07, 6.45) is 3.11. The van der Waals surface area contributed by atoms with Crippen LogP contribution in [0.4, 0.5) is 0 Å². The van der Waals surface area contributed by atoms with Crippen molar-refractivity contribution in [3.63, 3.8) is 0 Å². The number of aryl methyl sites for hydroxylation is 2. The summed E-state index contributed by atoms with van der Waals surface area (Å²) in [4.78, 5) is 31.3. The molecule has 0 saturated heterocycles. The molecular formula is C16H20N2O2S. The van der Waals surface area contributed by atoms with Crippen molar-refractivity contribution in [3.05, 3.63) is 26.6 Å². The van der Waals surface area contributed by atoms with Crippen molar-refractivity contribution >= 4 is 27.3 Å². The third-order valence-electron chi connectivity index (χ3n) is 4.51. The topological polar surface area (TPSA) is 52.0 Å². The number of fused-ring (bicyclic) bond motifs is 3. The molecular weight excluding hydrogens is 284 g/mol. The van der Waals surface area contributed by atoms with Gasteiger partial charge in [-0.25, -0.2) is 4.98 Å². The minimum Gasteiger partial charge on any atom is -0.298 e. The second kappa shape index (κ2) is 5.05. The third-order valence-corrected chi connectivity index (χ3v) is 5.66. The van der Waals surface area contributed by atoms with E-state index in [9.17, 15) is 9.59 Å². The molecule has 0 spiro atoms. The summed E-state index contributed by atoms with van der Waals surface area (Å²) >= 11 is 1.65. The van der Waals surface area contributed by atoms with E-state index in [4.69, 9.17) is 0 Å². The van der Waals surface area contributed by atoms with E-state index in [-0.39, 0.29) is 11.3 Å². The van der Waals surface area contributed by atoms with Crippen molar-refractivity contribution in [2.45, 2.75) is 53.0 Å². The van der Waals surface area contributed by atoms with Gasteiger partial charge in [0.25, 0.3) is 5.56 Å². The molecule has 5 heteroatoms. The molecule has 2 aromatic heterocycles. The van der Waals surface area contributed by atoms with Gasteiger partial charge in [0.05, 0.1) is 11.4 Å². The van der Waals surface area contributed by atoms with Crippen LogP contribution in [0.25, 0.3) is 10.2 Å². The first-order chi connectivity index (χ1) is 9.90. The molecule has 0 aromatic carbocycles. The van der Waals surface area contributed by atoms with Gasteiger partial charge >= 0.3 is 0 Å². The van der Waals surface area contributed by atoms with Gasteiger partial charge in [-0.3, -0.25) is 14.2 Å². The van der Waals surface area contributed by atoms with Crippen molar-refractivity contribution in [2.24, 2.45) is 5.92 Å². The summed E-state index contributed by atoms with van der Waals surface area (Å²) in [7, 11) is 0. The summed E-state index contributed by atoms with van der Waals surface area (Å²) in [6, 6.07) is -0.451. The lowest BCUT2D eigenvalue weighted by Gasteiger charge is -2.18. The Balaban J connectivity index is 2.29. The van der Waals surface area contributed by atoms with Gasteiger partial charge in [-0.15, -0.1) is 11.3 Å². The van der Waals surface area contributed by atoms with Crippen LogP contribution >= 0.6 is 11.3 Å². The number of carbonyl (C=O) groups is 1. The van der Waals surface area contributed by atoms with E-state index in [0.29, 0.717) is 11.7 Å². The maximum atomic E-state index is 12.9. The molecule has 0 amide bonds. The second-order valence-electron chi connectivity index (χ2n) is 6.15. The largest absolute Gasteiger partial charge is 0.298 e. The van der Waals surface area contributed by atoms with Crippen LogP contribution < -0.4 is 5.56 Å². The zero-order chi connectivity index (χ0) is 15.3. The Bertz CT molecular complexity index is 788. The molecule has 2 unspecified atom stereocenters. The fourth-order valence-electron chi connectivity index (χ4n) is 3.14. The number of rotatable bonds is 2. The van der Waals surface area contributed by atoms with E-state index in [1.54, 1.807) is 22.8 Å². The minimum absolute atomic E-state index is 0.0148. The number of nitrogens with zero attached hydrogens (tertiary/aromatic N) is 2. The van der Waals surface area contributed by atoms with Gasteiger partial charge in [0, 0.05) is 4.88 Å². The zero-order valence-corrected chi connectivity index (χ0v) is 13.7. The quantitative estimate of drug-likeness (QED) is 0.857. The standard InChI is InChI=1S/C16H20N2O2S/c1-8-5-6-12-13(7-8)21-15-14(12)16(20)18(11(4)17-15)9(2)10(3)19/h8-9H,5-7H2,1-4H3. The Morgan fingerprint density at radius 3 is 2.86 bits per heavy atom. The Hall–Kier alpha value is -1.49. The van der Waals surface area contributed by atoms with E-state index in [0.717, 1.165) is 29.5 Å². The molecule has 0 bridgehead atoms. The summed E-state index contributed by atoms with van der Waals surface area (Å²) in [6.45, 7) is 7.35. The lowest BCUT2D eigenvalue weighted by molar-refractivity contribution is -0.119. The van der Waals surface area contributed by atoms with Gasteiger partial charge in [-0.1, -0.05) is 6.92 Å². The van der Waals surface area contributed by atoms with Crippen molar-refractivity contribution in [3.8, 4) is 0 Å². The van der Waals surface area contributed by atoms with Gasteiger partial charge in [0.1, 0.15) is 10.7 Å². The van der Waals surface area contributed by atoms with Crippen molar-refractivity contribution in [1.82, 2.24) is 9.55 Å². The monoisotopic (exact) mass is 304 g/mol. The number of thiophene rings is 1. The molecule has 1 aliphatic carbocycles. The van der Waals surface area contributed by atoms with E-state index in [1.165, 1.54) is 17.4 Å². The van der Waals surface area contributed by atoms with Crippen molar-refractivity contribution in [1.29, 1.82) is 0 Å². The molecule has 0 fully saturated rings. The van der Waals surface area contributed by atoms with Gasteiger partial charge in [-0.05, 0) is 51.5 Å². The molecule has 0 N–H and O–H groups in total. The van der Waals surface area contributed by atoms with Crippen LogP contribution in [0.2, 0.25) is 0 Å². The first-order valence-electron chi connectivity index (χ1n) is 7.44. The Morgan fingerprint density at radius 2 is 2.19 bits per heavy atom. The molecule has 0 saturated carbocycles. The minimum atomic E-state index is -0.451. The summed E-state index contributed by atoms with van der Waals surface area (Å²) in [5.41, 5.74) is 1.13. The van der Waals surface area contributed by atoms with E-state index >= 15 is 0 Å². The van der Waals surface area contributed by atoms with Crippen LogP contribution in [0.15, 0.2) is 4.79 Å². The van der Waals surface area contributed by atoms with Crippen LogP contribution in [0.3, 0.4) is 0 Å². The molecule has 3 rings (SSSR count). The zero-order valence-electron chi connectivity index (χ0n) is 12.9. The first-order valence-corrected chi connectivity index (χ1v) is 8.25. The molecule has 0 aliphatic heterocycles. The number of Topliss-reactive ketones (excluding diaryl/α,β-unsaturated/α-hetero) is 1. The SMILES string of the molecule is CC(=O)C(C)n1c(C)nc2sc3c(c2c1=O)CCC(C)C3. The summed E-state index contributed by atoms with van der Waals surface area (Å²) in [5, 5.41) is 0.751. The lowest BCUT2D eigenvalue weighted by Crippen LogP contribution is -2.30. The molecule has 0 radical (unpaired) electrons. The van der Waals surface area contributed by atoms with Crippen LogP contribution in [0.1, 0.15) is 49.5 Å². The first kappa shape index (κ1) is 14.4. The summed E-state index contributed by atoms with van der Waals surface area (Å²) in [5.74, 6) is 1.28. The highest BCUT2D eigenvalue weighted by molar-refractivity contribution is 7.18. The van der Waals surface area contributed by atoms with Gasteiger partial charge in [0.15, 0.2) is 5.78 Å². The van der Waals surface area contributed by atoms with Crippen LogP contribution in [0, 0.1) is 12.8 Å². The Morgan fingerprint density at radius 1 is 1.48 bits per heavy atom. The summed E-state index contributed by atoms with van der Waals surface area (Å²) < 4.78 is 1.55. The van der Waals surface area contributed by atoms with Crippen LogP contribution in [-0.2, 0) is 17.6 Å². The van der Waals surface area contributed by atoms with Crippen LogP contribution in [-0.4, -0.2) is 15.3 Å². The maximum absolute atomic E-state index is 12.9. The number of carbonyl (C=O) groups excluding carboxylic acids is 1. The molecule has 4 nitrogen and oxygen atoms in total. The number of hydrogen-bond donors (Lipinski definition) is 0. The molecule has 2 aromatic rings. The lowest BCUT2D eigenvalue weighted by atomic mass is 9.89. The van der Waals surface area contributed by atoms with Crippen molar-refractivity contribution < 1.29 is 4.79 Å². The second-order valence-corrected chi connectivity index (χ2v) is 7.24. The average molecular weight is 304 g/mol. The fourth-order valence-corrected chi connectivity index (χ4v) is 4.56. The highest BCUT2D eigenvalue weighted by atomic mass is 32.1. The maximum Gasteiger partial charge on any atom is 0.263 e. The van der Waals surface area contributed by atoms with Crippen LogP contribution in [0.5, 0.6) is 0 Å². The number of ketones is 1. The molecule has 112 valence electrons. The Labute approximate surface area is 127 Å². The van der Waals surface area contributed by atoms with E-state index in [2.05, 4.69) is 11.9 Å². The fraction of sp³-hybridized carbons (Fsp3) is 0.562. The van der Waals surface area contributed by atoms with E-state index < -0.39 is 6.04 Å². The number of aromatic nitrogens is 2. The number of hydrogen-bond acceptors (Lipinski definition) is 4. The van der Waals surface area contributed by atoms with Gasteiger partial charge in [0.2, 0.25) is 0 Å². The van der Waals surface area contributed by atoms with Crippen molar-refractivity contribution in [2.75, 3.05) is 0 Å². The highest BCUT2D eigenvalue weighted by Gasteiger charge is 2.25. The normalized spacial score (nSPS) is 19.5. The average Bonchev–Trinajstić information content (AvgIpc) is 2.75. The van der Waals surface area contributed by atoms with Gasteiger partial charge in [-0.2, -0.15) is 0 Å². The van der Waals surface area contributed by atoms with Gasteiger partial charge < -0.3 is 0 Å². The predicted molar refractivity (Wildman–Crippen MR) is 85.2 cm³/mol. The molecule has 1 aliphatic rings. The van der Waals surface area contributed by atoms with E-state index in [1.807, 2.05) is 6.92 Å². The Kier molecular flexibility index (Phi) is 3.48. The molecule has 2 heterocycles. The highest BCUT2D eigenvalue weighted by Crippen LogP contribution is 2.36. The smallest absolute Gasteiger partial charge is 0.263 e. The third kappa shape index (κ3) is 2.24. The molecule has 2 atom stereocenters. The molecule has 21 heavy (non-hydrogen) atoms.